The number of ether oxygens (including phenoxy) is 2. The smallest absolute Gasteiger partial charge is 0.198 e. The van der Waals surface area contributed by atoms with Crippen molar-refractivity contribution in [2.24, 2.45) is 0 Å². The van der Waals surface area contributed by atoms with Gasteiger partial charge < -0.3 is 25.8 Å². The quantitative estimate of drug-likeness (QED) is 0.253. The van der Waals surface area contributed by atoms with Gasteiger partial charge in [0.25, 0.3) is 0 Å². The van der Waals surface area contributed by atoms with Gasteiger partial charge in [0.1, 0.15) is 11.5 Å². The standard InChI is InChI=1S/C30H27N3O4/c1-36-20-10-6-18(7-11-20)16-32-24-14-15-25(33-17-19-8-12-21(37-2)13-9-19)28-27(24)29(34)22-4-3-5-23(31)26(22)30(28)35/h3-15,32-33H,16-17,31H2,1-2H3. The van der Waals surface area contributed by atoms with Gasteiger partial charge in [-0.15, -0.1) is 0 Å². The summed E-state index contributed by atoms with van der Waals surface area (Å²) >= 11 is 0. The Morgan fingerprint density at radius 1 is 0.622 bits per heavy atom. The van der Waals surface area contributed by atoms with E-state index in [2.05, 4.69) is 10.6 Å². The molecule has 0 unspecified atom stereocenters. The molecule has 7 heteroatoms. The van der Waals surface area contributed by atoms with Crippen molar-refractivity contribution < 1.29 is 19.1 Å². The number of hydrogen-bond donors (Lipinski definition) is 3. The van der Waals surface area contributed by atoms with Crippen LogP contribution in [0.4, 0.5) is 17.1 Å². The molecule has 0 saturated heterocycles. The van der Waals surface area contributed by atoms with Gasteiger partial charge >= 0.3 is 0 Å². The van der Waals surface area contributed by atoms with Crippen LogP contribution in [-0.2, 0) is 13.1 Å². The summed E-state index contributed by atoms with van der Waals surface area (Å²) in [5.41, 5.74) is 10.9. The number of carbonyl (C=O) groups excluding carboxylic acids is 2. The van der Waals surface area contributed by atoms with Crippen LogP contribution >= 0.6 is 0 Å². The van der Waals surface area contributed by atoms with Gasteiger partial charge in [0.15, 0.2) is 11.6 Å². The Bertz CT molecular complexity index is 1480. The van der Waals surface area contributed by atoms with Gasteiger partial charge in [-0.3, -0.25) is 9.59 Å². The van der Waals surface area contributed by atoms with E-state index in [4.69, 9.17) is 15.2 Å². The number of hydrogen-bond acceptors (Lipinski definition) is 7. The third kappa shape index (κ3) is 4.59. The zero-order valence-corrected chi connectivity index (χ0v) is 20.6. The molecule has 0 fully saturated rings. The van der Waals surface area contributed by atoms with Crippen molar-refractivity contribution in [2.75, 3.05) is 30.6 Å². The van der Waals surface area contributed by atoms with Crippen LogP contribution in [0.15, 0.2) is 78.9 Å². The molecule has 0 amide bonds. The van der Waals surface area contributed by atoms with E-state index in [9.17, 15) is 9.59 Å². The molecular weight excluding hydrogens is 466 g/mol. The molecule has 5 rings (SSSR count). The van der Waals surface area contributed by atoms with E-state index < -0.39 is 0 Å². The molecule has 1 aliphatic carbocycles. The summed E-state index contributed by atoms with van der Waals surface area (Å²) in [5, 5.41) is 6.69. The van der Waals surface area contributed by atoms with Crippen LogP contribution in [-0.4, -0.2) is 25.8 Å². The lowest BCUT2D eigenvalue weighted by atomic mass is 9.81. The van der Waals surface area contributed by atoms with Gasteiger partial charge in [0.05, 0.1) is 30.9 Å². The number of anilines is 3. The molecule has 0 aromatic heterocycles. The van der Waals surface area contributed by atoms with Crippen LogP contribution in [0, 0.1) is 0 Å². The number of nitrogen functional groups attached to an aromatic ring is 1. The SMILES string of the molecule is COc1ccc(CNc2ccc(NCc3ccc(OC)cc3)c3c2C(=O)c2cccc(N)c2C3=O)cc1. The summed E-state index contributed by atoms with van der Waals surface area (Å²) in [7, 11) is 3.24. The molecule has 4 aromatic carbocycles. The lowest BCUT2D eigenvalue weighted by Crippen LogP contribution is -2.25. The first-order valence-electron chi connectivity index (χ1n) is 11.9. The summed E-state index contributed by atoms with van der Waals surface area (Å²) < 4.78 is 10.5. The number of methoxy groups -OCH3 is 2. The molecule has 186 valence electrons. The van der Waals surface area contributed by atoms with Crippen molar-refractivity contribution in [3.05, 3.63) is 112 Å². The fraction of sp³-hybridized carbons (Fsp3) is 0.133. The van der Waals surface area contributed by atoms with E-state index in [-0.39, 0.29) is 17.1 Å². The summed E-state index contributed by atoms with van der Waals surface area (Å²) in [6.07, 6.45) is 0. The van der Waals surface area contributed by atoms with E-state index in [1.807, 2.05) is 60.7 Å². The zero-order valence-electron chi connectivity index (χ0n) is 20.6. The molecule has 0 radical (unpaired) electrons. The van der Waals surface area contributed by atoms with Gasteiger partial charge in [-0.25, -0.2) is 0 Å². The fourth-order valence-corrected chi connectivity index (χ4v) is 4.52. The van der Waals surface area contributed by atoms with Crippen LogP contribution in [0.1, 0.15) is 43.0 Å². The van der Waals surface area contributed by atoms with E-state index in [1.165, 1.54) is 0 Å². The van der Waals surface area contributed by atoms with Crippen molar-refractivity contribution in [3.8, 4) is 11.5 Å². The maximum atomic E-state index is 13.8. The predicted octanol–water partition coefficient (Wildman–Crippen LogP) is 5.29. The van der Waals surface area contributed by atoms with Crippen LogP contribution in [0.25, 0.3) is 0 Å². The Hall–Kier alpha value is -4.78. The third-order valence-corrected chi connectivity index (χ3v) is 6.51. The normalized spacial score (nSPS) is 11.9. The largest absolute Gasteiger partial charge is 0.497 e. The van der Waals surface area contributed by atoms with E-state index in [0.29, 0.717) is 46.8 Å². The van der Waals surface area contributed by atoms with Crippen LogP contribution < -0.4 is 25.8 Å². The molecule has 0 heterocycles. The summed E-state index contributed by atoms with van der Waals surface area (Å²) in [5.74, 6) is 1.03. The minimum absolute atomic E-state index is 0.234. The Kier molecular flexibility index (Phi) is 6.51. The highest BCUT2D eigenvalue weighted by molar-refractivity contribution is 6.33. The highest BCUT2D eigenvalue weighted by Gasteiger charge is 2.35. The number of nitrogens with one attached hydrogen (secondary N) is 2. The molecule has 0 bridgehead atoms. The molecule has 0 atom stereocenters. The van der Waals surface area contributed by atoms with E-state index in [0.717, 1.165) is 22.6 Å². The molecule has 4 N–H and O–H groups in total. The molecule has 0 saturated carbocycles. The summed E-state index contributed by atoms with van der Waals surface area (Å²) in [4.78, 5) is 27.5. The molecule has 4 aromatic rings. The number of fused-ring (bicyclic) bond motifs is 2. The van der Waals surface area contributed by atoms with Crippen molar-refractivity contribution in [1.29, 1.82) is 0 Å². The number of rotatable bonds is 8. The Balaban J connectivity index is 1.51. The van der Waals surface area contributed by atoms with E-state index >= 15 is 0 Å². The first kappa shape index (κ1) is 23.9. The Morgan fingerprint density at radius 3 is 1.59 bits per heavy atom. The minimum atomic E-state index is -0.270. The second kappa shape index (κ2) is 10.1. The highest BCUT2D eigenvalue weighted by Crippen LogP contribution is 2.38. The molecule has 0 spiro atoms. The topological polar surface area (TPSA) is 103 Å². The number of nitrogens with two attached hydrogens (primary N) is 1. The lowest BCUT2D eigenvalue weighted by molar-refractivity contribution is 0.0981. The number of ketones is 2. The molecule has 7 nitrogen and oxygen atoms in total. The van der Waals surface area contributed by atoms with Crippen molar-refractivity contribution in [2.45, 2.75) is 13.1 Å². The predicted molar refractivity (Wildman–Crippen MR) is 145 cm³/mol. The lowest BCUT2D eigenvalue weighted by Gasteiger charge is -2.25. The Morgan fingerprint density at radius 2 is 1.11 bits per heavy atom. The average Bonchev–Trinajstić information content (AvgIpc) is 2.94. The molecule has 37 heavy (non-hydrogen) atoms. The van der Waals surface area contributed by atoms with Gasteiger partial charge in [-0.05, 0) is 53.6 Å². The van der Waals surface area contributed by atoms with Gasteiger partial charge in [0.2, 0.25) is 0 Å². The van der Waals surface area contributed by atoms with Crippen molar-refractivity contribution in [1.82, 2.24) is 0 Å². The molecular formula is C30H27N3O4. The average molecular weight is 494 g/mol. The first-order chi connectivity index (χ1) is 18.0. The van der Waals surface area contributed by atoms with Gasteiger partial charge in [-0.1, -0.05) is 36.4 Å². The monoisotopic (exact) mass is 493 g/mol. The van der Waals surface area contributed by atoms with Crippen LogP contribution in [0.2, 0.25) is 0 Å². The highest BCUT2D eigenvalue weighted by atomic mass is 16.5. The van der Waals surface area contributed by atoms with Crippen LogP contribution in [0.5, 0.6) is 11.5 Å². The van der Waals surface area contributed by atoms with Crippen molar-refractivity contribution >= 4 is 28.6 Å². The maximum Gasteiger partial charge on any atom is 0.198 e. The summed E-state index contributed by atoms with van der Waals surface area (Å²) in [6.45, 7) is 0.938. The fourth-order valence-electron chi connectivity index (χ4n) is 4.52. The van der Waals surface area contributed by atoms with Crippen LogP contribution in [0.3, 0.4) is 0 Å². The van der Waals surface area contributed by atoms with Crippen molar-refractivity contribution in [3.63, 3.8) is 0 Å². The summed E-state index contributed by atoms with van der Waals surface area (Å²) in [6, 6.07) is 24.0. The van der Waals surface area contributed by atoms with E-state index in [1.54, 1.807) is 32.4 Å². The minimum Gasteiger partial charge on any atom is -0.497 e. The number of carbonyl (C=O) groups is 2. The second-order valence-electron chi connectivity index (χ2n) is 8.74. The molecule has 0 aliphatic heterocycles. The maximum absolute atomic E-state index is 13.8. The van der Waals surface area contributed by atoms with Gasteiger partial charge in [-0.2, -0.15) is 0 Å². The zero-order chi connectivity index (χ0) is 25.9. The first-order valence-corrected chi connectivity index (χ1v) is 11.9. The van der Waals surface area contributed by atoms with Gasteiger partial charge in [0, 0.05) is 35.7 Å². The number of benzene rings is 4. The molecule has 1 aliphatic rings. The third-order valence-electron chi connectivity index (χ3n) is 6.51. The Labute approximate surface area is 215 Å². The second-order valence-corrected chi connectivity index (χ2v) is 8.74.